The van der Waals surface area contributed by atoms with E-state index >= 15 is 0 Å². The third-order valence-corrected chi connectivity index (χ3v) is 4.06. The number of halogens is 2. The standard InChI is InChI=1S/C16H13Cl2N3O4/c1-7-5-12(25-21-7)20-15(22)8(2)24-16(23)14-13(18)10-6-9(17)3-4-11(10)19-14/h3-6,8,19H,1-2H3,(H,20,22)/t8-/m1/s1. The fourth-order valence-corrected chi connectivity index (χ4v) is 2.64. The maximum absolute atomic E-state index is 12.3. The number of carbonyl (C=O) groups excluding carboxylic acids is 2. The highest BCUT2D eigenvalue weighted by molar-refractivity contribution is 6.39. The van der Waals surface area contributed by atoms with Crippen LogP contribution in [-0.2, 0) is 9.53 Å². The molecule has 7 nitrogen and oxygen atoms in total. The molecule has 3 rings (SSSR count). The highest BCUT2D eigenvalue weighted by atomic mass is 35.5. The van der Waals surface area contributed by atoms with Gasteiger partial charge in [0, 0.05) is 22.0 Å². The van der Waals surface area contributed by atoms with E-state index in [1.807, 2.05) is 0 Å². The van der Waals surface area contributed by atoms with Gasteiger partial charge in [-0.1, -0.05) is 28.4 Å². The van der Waals surface area contributed by atoms with E-state index in [0.717, 1.165) is 0 Å². The zero-order valence-corrected chi connectivity index (χ0v) is 14.7. The predicted molar refractivity (Wildman–Crippen MR) is 93.1 cm³/mol. The van der Waals surface area contributed by atoms with E-state index in [1.54, 1.807) is 31.2 Å². The lowest BCUT2D eigenvalue weighted by atomic mass is 10.2. The van der Waals surface area contributed by atoms with Crippen molar-refractivity contribution in [2.24, 2.45) is 0 Å². The highest BCUT2D eigenvalue weighted by Gasteiger charge is 2.24. The molecule has 0 saturated heterocycles. The number of H-pyrrole nitrogens is 1. The number of hydrogen-bond acceptors (Lipinski definition) is 5. The number of ether oxygens (including phenoxy) is 1. The summed E-state index contributed by atoms with van der Waals surface area (Å²) in [5.41, 5.74) is 1.30. The number of aromatic nitrogens is 2. The van der Waals surface area contributed by atoms with Crippen molar-refractivity contribution in [2.45, 2.75) is 20.0 Å². The predicted octanol–water partition coefficient (Wildman–Crippen LogP) is 3.96. The zero-order chi connectivity index (χ0) is 18.1. The second-order valence-electron chi connectivity index (χ2n) is 5.37. The molecule has 0 bridgehead atoms. The summed E-state index contributed by atoms with van der Waals surface area (Å²) in [5.74, 6) is -1.14. The van der Waals surface area contributed by atoms with E-state index in [-0.39, 0.29) is 16.6 Å². The first-order valence-electron chi connectivity index (χ1n) is 7.27. The quantitative estimate of drug-likeness (QED) is 0.666. The van der Waals surface area contributed by atoms with Gasteiger partial charge < -0.3 is 14.2 Å². The van der Waals surface area contributed by atoms with E-state index in [1.165, 1.54) is 6.92 Å². The van der Waals surface area contributed by atoms with Crippen LogP contribution >= 0.6 is 23.2 Å². The lowest BCUT2D eigenvalue weighted by Gasteiger charge is -2.11. The highest BCUT2D eigenvalue weighted by Crippen LogP contribution is 2.30. The van der Waals surface area contributed by atoms with Gasteiger partial charge >= 0.3 is 5.97 Å². The Kier molecular flexibility index (Phi) is 4.69. The van der Waals surface area contributed by atoms with Crippen molar-refractivity contribution in [1.29, 1.82) is 0 Å². The van der Waals surface area contributed by atoms with E-state index in [4.69, 9.17) is 32.5 Å². The van der Waals surface area contributed by atoms with Crippen molar-refractivity contribution in [3.8, 4) is 0 Å². The molecule has 0 aliphatic rings. The number of benzene rings is 1. The molecule has 25 heavy (non-hydrogen) atoms. The first kappa shape index (κ1) is 17.3. The molecule has 3 aromatic rings. The Morgan fingerprint density at radius 2 is 2.08 bits per heavy atom. The van der Waals surface area contributed by atoms with Gasteiger partial charge in [-0.2, -0.15) is 0 Å². The van der Waals surface area contributed by atoms with Crippen molar-refractivity contribution in [2.75, 3.05) is 5.32 Å². The van der Waals surface area contributed by atoms with E-state index < -0.39 is 18.0 Å². The van der Waals surface area contributed by atoms with Crippen molar-refractivity contribution >= 4 is 51.9 Å². The minimum Gasteiger partial charge on any atom is -0.448 e. The Balaban J connectivity index is 1.73. The van der Waals surface area contributed by atoms with Crippen molar-refractivity contribution in [1.82, 2.24) is 10.1 Å². The van der Waals surface area contributed by atoms with Crippen LogP contribution in [0.4, 0.5) is 5.88 Å². The Bertz CT molecular complexity index is 964. The van der Waals surface area contributed by atoms with Crippen LogP contribution < -0.4 is 5.32 Å². The van der Waals surface area contributed by atoms with Crippen LogP contribution in [0.25, 0.3) is 10.9 Å². The number of carbonyl (C=O) groups is 2. The van der Waals surface area contributed by atoms with Crippen molar-refractivity contribution in [3.05, 3.63) is 45.7 Å². The summed E-state index contributed by atoms with van der Waals surface area (Å²) in [4.78, 5) is 27.2. The van der Waals surface area contributed by atoms with Gasteiger partial charge in [0.05, 0.1) is 10.7 Å². The van der Waals surface area contributed by atoms with Crippen LogP contribution in [0, 0.1) is 6.92 Å². The van der Waals surface area contributed by atoms with Crippen molar-refractivity contribution in [3.63, 3.8) is 0 Å². The number of nitrogens with zero attached hydrogens (tertiary/aromatic N) is 1. The number of hydrogen-bond donors (Lipinski definition) is 2. The summed E-state index contributed by atoms with van der Waals surface area (Å²) in [5, 5.41) is 7.38. The van der Waals surface area contributed by atoms with Crippen LogP contribution in [0.5, 0.6) is 0 Å². The third-order valence-electron chi connectivity index (χ3n) is 3.43. The number of aryl methyl sites for hydroxylation is 1. The Labute approximate surface area is 152 Å². The molecule has 0 fully saturated rings. The molecule has 0 saturated carbocycles. The number of fused-ring (bicyclic) bond motifs is 1. The summed E-state index contributed by atoms with van der Waals surface area (Å²) < 4.78 is 10.0. The minimum atomic E-state index is -1.07. The topological polar surface area (TPSA) is 97.2 Å². The van der Waals surface area contributed by atoms with Crippen LogP contribution in [-0.4, -0.2) is 28.1 Å². The number of esters is 1. The molecule has 130 valence electrons. The second kappa shape index (κ2) is 6.78. The summed E-state index contributed by atoms with van der Waals surface area (Å²) in [6.45, 7) is 3.15. The summed E-state index contributed by atoms with van der Waals surface area (Å²) in [6, 6.07) is 6.55. The molecule has 0 spiro atoms. The summed E-state index contributed by atoms with van der Waals surface area (Å²) in [7, 11) is 0. The lowest BCUT2D eigenvalue weighted by molar-refractivity contribution is -0.123. The molecule has 1 atom stereocenters. The van der Waals surface area contributed by atoms with Gasteiger partial charge in [0.2, 0.25) is 5.88 Å². The molecular weight excluding hydrogens is 369 g/mol. The van der Waals surface area contributed by atoms with E-state index in [9.17, 15) is 9.59 Å². The largest absolute Gasteiger partial charge is 0.448 e. The molecule has 0 aliphatic carbocycles. The fourth-order valence-electron chi connectivity index (χ4n) is 2.19. The SMILES string of the molecule is Cc1cc(NC(=O)[C@@H](C)OC(=O)c2[nH]c3ccc(Cl)cc3c2Cl)on1. The number of anilines is 1. The van der Waals surface area contributed by atoms with Gasteiger partial charge in [-0.05, 0) is 32.0 Å². The molecule has 2 aromatic heterocycles. The minimum absolute atomic E-state index is 0.0501. The molecule has 0 radical (unpaired) electrons. The van der Waals surface area contributed by atoms with Gasteiger partial charge in [0.1, 0.15) is 5.69 Å². The van der Waals surface area contributed by atoms with Gasteiger partial charge in [-0.15, -0.1) is 0 Å². The maximum atomic E-state index is 12.3. The van der Waals surface area contributed by atoms with E-state index in [0.29, 0.717) is 21.6 Å². The Hall–Kier alpha value is -2.51. The molecule has 0 aliphatic heterocycles. The zero-order valence-electron chi connectivity index (χ0n) is 13.2. The number of amides is 1. The van der Waals surface area contributed by atoms with Crippen LogP contribution in [0.1, 0.15) is 23.1 Å². The number of rotatable bonds is 4. The van der Waals surface area contributed by atoms with Gasteiger partial charge in [0.15, 0.2) is 6.10 Å². The normalized spacial score (nSPS) is 12.2. The van der Waals surface area contributed by atoms with Crippen LogP contribution in [0.2, 0.25) is 10.0 Å². The first-order chi connectivity index (χ1) is 11.8. The molecule has 1 aromatic carbocycles. The number of aromatic amines is 1. The molecule has 2 N–H and O–H groups in total. The number of nitrogens with one attached hydrogen (secondary N) is 2. The molecule has 0 unspecified atom stereocenters. The smallest absolute Gasteiger partial charge is 0.357 e. The maximum Gasteiger partial charge on any atom is 0.357 e. The average Bonchev–Trinajstić information content (AvgIpc) is 3.11. The summed E-state index contributed by atoms with van der Waals surface area (Å²) >= 11 is 12.1. The second-order valence-corrected chi connectivity index (χ2v) is 6.19. The van der Waals surface area contributed by atoms with Crippen LogP contribution in [0.15, 0.2) is 28.8 Å². The van der Waals surface area contributed by atoms with Gasteiger partial charge in [-0.3, -0.25) is 10.1 Å². The molecule has 9 heteroatoms. The Morgan fingerprint density at radius 1 is 1.32 bits per heavy atom. The van der Waals surface area contributed by atoms with Crippen LogP contribution in [0.3, 0.4) is 0 Å². The molecule has 2 heterocycles. The first-order valence-corrected chi connectivity index (χ1v) is 8.02. The van der Waals surface area contributed by atoms with Gasteiger partial charge in [-0.25, -0.2) is 4.79 Å². The Morgan fingerprint density at radius 3 is 2.76 bits per heavy atom. The fraction of sp³-hybridized carbons (Fsp3) is 0.188. The van der Waals surface area contributed by atoms with Gasteiger partial charge in [0.25, 0.3) is 5.91 Å². The molecular formula is C16H13Cl2N3O4. The van der Waals surface area contributed by atoms with Crippen molar-refractivity contribution < 1.29 is 18.8 Å². The third kappa shape index (κ3) is 3.62. The lowest BCUT2D eigenvalue weighted by Crippen LogP contribution is -2.30. The van der Waals surface area contributed by atoms with E-state index in [2.05, 4.69) is 15.5 Å². The molecule has 1 amide bonds. The monoisotopic (exact) mass is 381 g/mol. The summed E-state index contributed by atoms with van der Waals surface area (Å²) in [6.07, 6.45) is -1.07. The average molecular weight is 382 g/mol.